The molecule has 1 saturated heterocycles. The van der Waals surface area contributed by atoms with Gasteiger partial charge in [0.25, 0.3) is 0 Å². The van der Waals surface area contributed by atoms with Gasteiger partial charge in [-0.05, 0) is 49.0 Å². The van der Waals surface area contributed by atoms with E-state index in [-0.39, 0.29) is 11.2 Å². The van der Waals surface area contributed by atoms with Gasteiger partial charge in [-0.2, -0.15) is 0 Å². The van der Waals surface area contributed by atoms with Crippen LogP contribution in [-0.4, -0.2) is 24.5 Å². The molecule has 1 fully saturated rings. The van der Waals surface area contributed by atoms with Gasteiger partial charge in [-0.3, -0.25) is 0 Å². The highest BCUT2D eigenvalue weighted by Crippen LogP contribution is 2.23. The van der Waals surface area contributed by atoms with Crippen molar-refractivity contribution in [1.82, 2.24) is 4.90 Å². The Bertz CT molecular complexity index is 510. The van der Waals surface area contributed by atoms with Crippen molar-refractivity contribution >= 4 is 0 Å². The summed E-state index contributed by atoms with van der Waals surface area (Å²) in [6.07, 6.45) is 3.42. The summed E-state index contributed by atoms with van der Waals surface area (Å²) in [5.41, 5.74) is 1.68. The quantitative estimate of drug-likeness (QED) is 0.737. The van der Waals surface area contributed by atoms with Crippen LogP contribution in [0.5, 0.6) is 0 Å². The van der Waals surface area contributed by atoms with Gasteiger partial charge in [-0.15, -0.1) is 0 Å². The molecule has 0 spiro atoms. The average molecular weight is 273 g/mol. The van der Waals surface area contributed by atoms with Crippen LogP contribution in [0.2, 0.25) is 0 Å². The minimum Gasteiger partial charge on any atom is -0.302 e. The maximum atomic E-state index is 13.8. The third-order valence-corrected chi connectivity index (χ3v) is 3.81. The minimum atomic E-state index is -0.216. The lowest BCUT2D eigenvalue weighted by Crippen LogP contribution is -2.19. The topological polar surface area (TPSA) is 3.24 Å². The van der Waals surface area contributed by atoms with Crippen LogP contribution in [0.3, 0.4) is 0 Å². The Balaban J connectivity index is 2.01. The van der Waals surface area contributed by atoms with Gasteiger partial charge in [-0.1, -0.05) is 38.7 Å². The van der Waals surface area contributed by atoms with Crippen LogP contribution in [-0.2, 0) is 5.41 Å². The van der Waals surface area contributed by atoms with Gasteiger partial charge < -0.3 is 4.90 Å². The van der Waals surface area contributed by atoms with E-state index >= 15 is 0 Å². The SMILES string of the molecule is CC(C)(C)c1ccc(F)c(C#CCCN2CCCC2)c1. The normalized spacial score (nSPS) is 16.0. The zero-order chi connectivity index (χ0) is 14.6. The third-order valence-electron chi connectivity index (χ3n) is 3.81. The third kappa shape index (κ3) is 4.08. The van der Waals surface area contributed by atoms with Crippen molar-refractivity contribution in [3.8, 4) is 11.8 Å². The number of halogens is 1. The Morgan fingerprint density at radius 2 is 1.90 bits per heavy atom. The summed E-state index contributed by atoms with van der Waals surface area (Å²) in [5, 5.41) is 0. The van der Waals surface area contributed by atoms with Crippen molar-refractivity contribution in [1.29, 1.82) is 0 Å². The fourth-order valence-electron chi connectivity index (χ4n) is 2.47. The largest absolute Gasteiger partial charge is 0.302 e. The molecule has 1 aliphatic heterocycles. The molecule has 20 heavy (non-hydrogen) atoms. The molecular weight excluding hydrogens is 249 g/mol. The van der Waals surface area contributed by atoms with Crippen LogP contribution >= 0.6 is 0 Å². The molecule has 2 heteroatoms. The average Bonchev–Trinajstić information content (AvgIpc) is 2.88. The highest BCUT2D eigenvalue weighted by atomic mass is 19.1. The Morgan fingerprint density at radius 3 is 2.55 bits per heavy atom. The maximum absolute atomic E-state index is 13.8. The van der Waals surface area contributed by atoms with Gasteiger partial charge in [0.2, 0.25) is 0 Å². The van der Waals surface area contributed by atoms with Gasteiger partial charge in [0, 0.05) is 13.0 Å². The van der Waals surface area contributed by atoms with E-state index in [0.717, 1.165) is 18.5 Å². The summed E-state index contributed by atoms with van der Waals surface area (Å²) in [6.45, 7) is 9.78. The molecular formula is C18H24FN. The Morgan fingerprint density at radius 1 is 1.20 bits per heavy atom. The summed E-state index contributed by atoms with van der Waals surface area (Å²) >= 11 is 0. The molecule has 0 N–H and O–H groups in total. The predicted molar refractivity (Wildman–Crippen MR) is 82.3 cm³/mol. The first-order valence-corrected chi connectivity index (χ1v) is 7.48. The highest BCUT2D eigenvalue weighted by Gasteiger charge is 2.15. The van der Waals surface area contributed by atoms with Gasteiger partial charge in [0.05, 0.1) is 5.56 Å². The van der Waals surface area contributed by atoms with E-state index in [0.29, 0.717) is 5.56 Å². The molecule has 0 aliphatic carbocycles. The van der Waals surface area contributed by atoms with Gasteiger partial charge in [0.15, 0.2) is 0 Å². The smallest absolute Gasteiger partial charge is 0.138 e. The minimum absolute atomic E-state index is 0.0275. The molecule has 108 valence electrons. The van der Waals surface area contributed by atoms with Crippen molar-refractivity contribution in [3.05, 3.63) is 35.1 Å². The van der Waals surface area contributed by atoms with Crippen molar-refractivity contribution in [2.24, 2.45) is 0 Å². The van der Waals surface area contributed by atoms with Crippen LogP contribution < -0.4 is 0 Å². The summed E-state index contributed by atoms with van der Waals surface area (Å²) in [6, 6.07) is 5.27. The number of benzene rings is 1. The summed E-state index contributed by atoms with van der Waals surface area (Å²) in [7, 11) is 0. The van der Waals surface area contributed by atoms with Crippen molar-refractivity contribution in [3.63, 3.8) is 0 Å². The molecule has 0 amide bonds. The van der Waals surface area contributed by atoms with Gasteiger partial charge in [-0.25, -0.2) is 4.39 Å². The van der Waals surface area contributed by atoms with E-state index in [1.807, 2.05) is 12.1 Å². The second kappa shape index (κ2) is 6.41. The summed E-state index contributed by atoms with van der Waals surface area (Å²) in [5.74, 6) is 5.90. The standard InChI is InChI=1S/C18H24FN/c1-18(2,3)16-9-10-17(19)15(14-16)8-4-5-11-20-12-6-7-13-20/h9-10,14H,5-7,11-13H2,1-3H3. The monoisotopic (exact) mass is 273 g/mol. The first-order chi connectivity index (χ1) is 9.47. The fourth-order valence-corrected chi connectivity index (χ4v) is 2.47. The number of nitrogens with zero attached hydrogens (tertiary/aromatic N) is 1. The molecule has 0 aromatic heterocycles. The van der Waals surface area contributed by atoms with E-state index in [9.17, 15) is 4.39 Å². The van der Waals surface area contributed by atoms with Crippen LogP contribution in [0.4, 0.5) is 4.39 Å². The molecule has 0 bridgehead atoms. The predicted octanol–water partition coefficient (Wildman–Crippen LogP) is 3.96. The van der Waals surface area contributed by atoms with E-state index in [2.05, 4.69) is 37.5 Å². The second-order valence-corrected chi connectivity index (χ2v) is 6.55. The number of hydrogen-bond donors (Lipinski definition) is 0. The van der Waals surface area contributed by atoms with Crippen molar-refractivity contribution in [2.75, 3.05) is 19.6 Å². The summed E-state index contributed by atoms with van der Waals surface area (Å²) in [4.78, 5) is 2.43. The molecule has 1 heterocycles. The summed E-state index contributed by atoms with van der Waals surface area (Å²) < 4.78 is 13.8. The Hall–Kier alpha value is -1.33. The maximum Gasteiger partial charge on any atom is 0.138 e. The molecule has 0 unspecified atom stereocenters. The molecule has 1 aromatic carbocycles. The molecule has 0 radical (unpaired) electrons. The first kappa shape index (κ1) is 15.1. The first-order valence-electron chi connectivity index (χ1n) is 7.48. The van der Waals surface area contributed by atoms with Crippen molar-refractivity contribution in [2.45, 2.75) is 45.4 Å². The van der Waals surface area contributed by atoms with Crippen LogP contribution in [0.25, 0.3) is 0 Å². The van der Waals surface area contributed by atoms with E-state index in [1.165, 1.54) is 32.0 Å². The number of hydrogen-bond acceptors (Lipinski definition) is 1. The number of rotatable bonds is 2. The zero-order valence-corrected chi connectivity index (χ0v) is 12.8. The van der Waals surface area contributed by atoms with E-state index in [4.69, 9.17) is 0 Å². The molecule has 2 rings (SSSR count). The van der Waals surface area contributed by atoms with Crippen molar-refractivity contribution < 1.29 is 4.39 Å². The lowest BCUT2D eigenvalue weighted by molar-refractivity contribution is 0.348. The van der Waals surface area contributed by atoms with E-state index < -0.39 is 0 Å². The van der Waals surface area contributed by atoms with Gasteiger partial charge >= 0.3 is 0 Å². The molecule has 1 nitrogen and oxygen atoms in total. The lowest BCUT2D eigenvalue weighted by Gasteiger charge is -2.19. The number of likely N-dealkylation sites (tertiary alicyclic amines) is 1. The Labute approximate surface area is 122 Å². The Kier molecular flexibility index (Phi) is 4.83. The molecule has 1 aliphatic rings. The van der Waals surface area contributed by atoms with Crippen LogP contribution in [0, 0.1) is 17.7 Å². The molecule has 1 aromatic rings. The van der Waals surface area contributed by atoms with Crippen LogP contribution in [0.15, 0.2) is 18.2 Å². The van der Waals surface area contributed by atoms with E-state index in [1.54, 1.807) is 0 Å². The highest BCUT2D eigenvalue weighted by molar-refractivity contribution is 5.40. The zero-order valence-electron chi connectivity index (χ0n) is 12.8. The molecule has 0 saturated carbocycles. The van der Waals surface area contributed by atoms with Gasteiger partial charge in [0.1, 0.15) is 5.82 Å². The fraction of sp³-hybridized carbons (Fsp3) is 0.556. The lowest BCUT2D eigenvalue weighted by atomic mass is 9.86. The molecule has 0 atom stereocenters. The second-order valence-electron chi connectivity index (χ2n) is 6.55. The van der Waals surface area contributed by atoms with Crippen LogP contribution in [0.1, 0.15) is 51.2 Å².